The van der Waals surface area contributed by atoms with Crippen LogP contribution in [0.3, 0.4) is 0 Å². The number of nitrogens with one attached hydrogen (secondary N) is 3. The van der Waals surface area contributed by atoms with E-state index in [1.165, 1.54) is 0 Å². The Kier molecular flexibility index (Phi) is 7.38. The highest BCUT2D eigenvalue weighted by molar-refractivity contribution is 6.39. The molecule has 1 heterocycles. The van der Waals surface area contributed by atoms with E-state index in [0.29, 0.717) is 32.1 Å². The number of carbonyl (C=O) groups is 2. The molecule has 0 bridgehead atoms. The van der Waals surface area contributed by atoms with Gasteiger partial charge in [0.2, 0.25) is 0 Å². The van der Waals surface area contributed by atoms with Crippen molar-refractivity contribution in [3.63, 3.8) is 0 Å². The minimum atomic E-state index is -0.699. The maximum absolute atomic E-state index is 12.1. The summed E-state index contributed by atoms with van der Waals surface area (Å²) in [4.78, 5) is 27.3. The fourth-order valence-electron chi connectivity index (χ4n) is 2.86. The molecule has 3 rings (SSSR count). The molecule has 0 spiro atoms. The predicted octanol–water partition coefficient (Wildman–Crippen LogP) is 2.98. The lowest BCUT2D eigenvalue weighted by Gasteiger charge is -2.09. The van der Waals surface area contributed by atoms with Crippen molar-refractivity contribution in [1.29, 1.82) is 0 Å². The number of fused-ring (bicyclic) bond motifs is 1. The average Bonchev–Trinajstić information content (AvgIpc) is 3.20. The van der Waals surface area contributed by atoms with E-state index in [1.807, 2.05) is 55.6 Å². The lowest BCUT2D eigenvalue weighted by Crippen LogP contribution is -2.34. The Labute approximate surface area is 169 Å². The van der Waals surface area contributed by atoms with Gasteiger partial charge in [-0.15, -0.1) is 0 Å². The quantitative estimate of drug-likeness (QED) is 0.384. The predicted molar refractivity (Wildman–Crippen MR) is 111 cm³/mol. The number of carbonyl (C=O) groups excluding carboxylic acids is 2. The van der Waals surface area contributed by atoms with Crippen LogP contribution in [0.5, 0.6) is 0 Å². The number of H-pyrrole nitrogens is 1. The molecule has 0 aliphatic heterocycles. The van der Waals surface area contributed by atoms with E-state index in [9.17, 15) is 9.59 Å². The Morgan fingerprint density at radius 3 is 2.66 bits per heavy atom. The molecule has 7 heteroatoms. The second-order valence-corrected chi connectivity index (χ2v) is 6.49. The highest BCUT2D eigenvalue weighted by Gasteiger charge is 2.13. The van der Waals surface area contributed by atoms with Crippen molar-refractivity contribution in [3.8, 4) is 0 Å². The fourth-order valence-corrected chi connectivity index (χ4v) is 2.86. The summed E-state index contributed by atoms with van der Waals surface area (Å²) in [6, 6.07) is 15.0. The Balaban J connectivity index is 1.46. The zero-order chi connectivity index (χ0) is 20.5. The second kappa shape index (κ2) is 10.4. The molecule has 0 atom stereocenters. The van der Waals surface area contributed by atoms with E-state index in [-0.39, 0.29) is 6.54 Å². The lowest BCUT2D eigenvalue weighted by atomic mass is 10.1. The Morgan fingerprint density at radius 2 is 1.79 bits per heavy atom. The first-order valence-electron chi connectivity index (χ1n) is 9.55. The van der Waals surface area contributed by atoms with Gasteiger partial charge >= 0.3 is 11.8 Å². The Bertz CT molecular complexity index is 967. The van der Waals surface area contributed by atoms with E-state index >= 15 is 0 Å². The summed E-state index contributed by atoms with van der Waals surface area (Å²) < 4.78 is 10.8. The summed E-state index contributed by atoms with van der Waals surface area (Å²) in [5.74, 6) is -1.38. The summed E-state index contributed by atoms with van der Waals surface area (Å²) in [7, 11) is 0. The lowest BCUT2D eigenvalue weighted by molar-refractivity contribution is -0.136. The summed E-state index contributed by atoms with van der Waals surface area (Å²) >= 11 is 0. The maximum atomic E-state index is 12.1. The van der Waals surface area contributed by atoms with Crippen molar-refractivity contribution in [2.45, 2.75) is 20.1 Å². The normalized spacial score (nSPS) is 10.8. The van der Waals surface area contributed by atoms with E-state index in [0.717, 1.165) is 22.0 Å². The van der Waals surface area contributed by atoms with Crippen molar-refractivity contribution in [2.75, 3.05) is 25.1 Å². The minimum absolute atomic E-state index is 0.260. The van der Waals surface area contributed by atoms with Crippen LogP contribution < -0.4 is 10.6 Å². The topological polar surface area (TPSA) is 92.4 Å². The number of hydrogen-bond donors (Lipinski definition) is 3. The molecule has 7 nitrogen and oxygen atoms in total. The largest absolute Gasteiger partial charge is 0.379 e. The van der Waals surface area contributed by atoms with Gasteiger partial charge in [-0.1, -0.05) is 24.3 Å². The van der Waals surface area contributed by atoms with Crippen LogP contribution >= 0.6 is 0 Å². The molecule has 0 aliphatic carbocycles. The SMILES string of the molecule is CCOCCOCc1cccc(CNC(=O)C(=O)Nc2ccc3[nH]ccc3c2)c1. The number of benzene rings is 2. The van der Waals surface area contributed by atoms with Crippen LogP contribution in [-0.2, 0) is 32.2 Å². The average molecular weight is 395 g/mol. The van der Waals surface area contributed by atoms with Gasteiger partial charge in [0.25, 0.3) is 0 Å². The number of ether oxygens (including phenoxy) is 2. The molecular formula is C22H25N3O4. The first kappa shape index (κ1) is 20.6. The molecule has 0 saturated heterocycles. The van der Waals surface area contributed by atoms with Gasteiger partial charge in [0.1, 0.15) is 0 Å². The van der Waals surface area contributed by atoms with Crippen molar-refractivity contribution >= 4 is 28.4 Å². The van der Waals surface area contributed by atoms with Gasteiger partial charge in [0.15, 0.2) is 0 Å². The van der Waals surface area contributed by atoms with Crippen LogP contribution in [0.4, 0.5) is 5.69 Å². The summed E-state index contributed by atoms with van der Waals surface area (Å²) in [5.41, 5.74) is 3.43. The van der Waals surface area contributed by atoms with Gasteiger partial charge in [-0.2, -0.15) is 0 Å². The standard InChI is InChI=1S/C22H25N3O4/c1-2-28-10-11-29-15-17-5-3-4-16(12-17)14-24-21(26)22(27)25-19-6-7-20-18(13-19)8-9-23-20/h3-9,12-13,23H,2,10-11,14-15H2,1H3,(H,24,26)(H,25,27). The zero-order valence-electron chi connectivity index (χ0n) is 16.4. The first-order chi connectivity index (χ1) is 14.2. The molecule has 152 valence electrons. The van der Waals surface area contributed by atoms with Crippen LogP contribution in [0.15, 0.2) is 54.7 Å². The Hall–Kier alpha value is -3.16. The molecule has 29 heavy (non-hydrogen) atoms. The monoisotopic (exact) mass is 395 g/mol. The fraction of sp³-hybridized carbons (Fsp3) is 0.273. The summed E-state index contributed by atoms with van der Waals surface area (Å²) in [6.07, 6.45) is 1.82. The number of amides is 2. The molecule has 0 saturated carbocycles. The van der Waals surface area contributed by atoms with Gasteiger partial charge in [0, 0.05) is 35.9 Å². The van der Waals surface area contributed by atoms with Gasteiger partial charge in [-0.3, -0.25) is 9.59 Å². The first-order valence-corrected chi connectivity index (χ1v) is 9.55. The zero-order valence-corrected chi connectivity index (χ0v) is 16.4. The highest BCUT2D eigenvalue weighted by atomic mass is 16.5. The number of rotatable bonds is 9. The van der Waals surface area contributed by atoms with Crippen molar-refractivity contribution in [1.82, 2.24) is 10.3 Å². The van der Waals surface area contributed by atoms with Crippen LogP contribution in [0, 0.1) is 0 Å². The van der Waals surface area contributed by atoms with Crippen molar-refractivity contribution in [2.24, 2.45) is 0 Å². The van der Waals surface area contributed by atoms with Crippen LogP contribution in [0.2, 0.25) is 0 Å². The molecule has 3 N–H and O–H groups in total. The number of anilines is 1. The Morgan fingerprint density at radius 1 is 0.966 bits per heavy atom. The smallest absolute Gasteiger partial charge is 0.313 e. The summed E-state index contributed by atoms with van der Waals surface area (Å²) in [5, 5.41) is 6.23. The van der Waals surface area contributed by atoms with Gasteiger partial charge in [-0.25, -0.2) is 0 Å². The molecule has 2 amide bonds. The molecule has 2 aromatic carbocycles. The van der Waals surface area contributed by atoms with Gasteiger partial charge in [0.05, 0.1) is 19.8 Å². The third-order valence-electron chi connectivity index (χ3n) is 4.31. The molecular weight excluding hydrogens is 370 g/mol. The van der Waals surface area contributed by atoms with Crippen molar-refractivity contribution < 1.29 is 19.1 Å². The second-order valence-electron chi connectivity index (χ2n) is 6.49. The van der Waals surface area contributed by atoms with E-state index in [1.54, 1.807) is 6.07 Å². The van der Waals surface area contributed by atoms with Gasteiger partial charge < -0.3 is 25.1 Å². The van der Waals surface area contributed by atoms with Crippen LogP contribution in [0.1, 0.15) is 18.1 Å². The van der Waals surface area contributed by atoms with Crippen LogP contribution in [0.25, 0.3) is 10.9 Å². The van der Waals surface area contributed by atoms with Crippen molar-refractivity contribution in [3.05, 3.63) is 65.9 Å². The summed E-state index contributed by atoms with van der Waals surface area (Å²) in [6.45, 7) is 4.44. The number of aromatic nitrogens is 1. The molecule has 0 fully saturated rings. The van der Waals surface area contributed by atoms with E-state index in [2.05, 4.69) is 15.6 Å². The third-order valence-corrected chi connectivity index (χ3v) is 4.31. The molecule has 3 aromatic rings. The van der Waals surface area contributed by atoms with Crippen LogP contribution in [-0.4, -0.2) is 36.6 Å². The molecule has 0 aliphatic rings. The minimum Gasteiger partial charge on any atom is -0.379 e. The number of hydrogen-bond acceptors (Lipinski definition) is 4. The number of aromatic amines is 1. The maximum Gasteiger partial charge on any atom is 0.313 e. The molecule has 1 aromatic heterocycles. The van der Waals surface area contributed by atoms with E-state index in [4.69, 9.17) is 9.47 Å². The highest BCUT2D eigenvalue weighted by Crippen LogP contribution is 2.17. The van der Waals surface area contributed by atoms with E-state index < -0.39 is 11.8 Å². The molecule has 0 radical (unpaired) electrons. The third kappa shape index (κ3) is 6.17. The van der Waals surface area contributed by atoms with Gasteiger partial charge in [-0.05, 0) is 42.3 Å². The molecule has 0 unspecified atom stereocenters.